The number of nitrogens with zero attached hydrogens (tertiary/aromatic N) is 3. The van der Waals surface area contributed by atoms with Gasteiger partial charge in [-0.3, -0.25) is 4.68 Å². The van der Waals surface area contributed by atoms with Gasteiger partial charge in [0.2, 0.25) is 0 Å². The molecule has 0 fully saturated rings. The van der Waals surface area contributed by atoms with Gasteiger partial charge in [-0.1, -0.05) is 30.7 Å². The minimum absolute atomic E-state index is 0.0280. The number of aryl methyl sites for hydroxylation is 3. The second-order valence-corrected chi connectivity index (χ2v) is 5.07. The molecule has 4 nitrogen and oxygen atoms in total. The zero-order valence-corrected chi connectivity index (χ0v) is 11.9. The fraction of sp³-hybridized carbons (Fsp3) is 0.467. The number of nitrogens with two attached hydrogens (primary N) is 1. The maximum Gasteiger partial charge on any atom is 0.138 e. The van der Waals surface area contributed by atoms with Gasteiger partial charge in [0, 0.05) is 19.0 Å². The van der Waals surface area contributed by atoms with Crippen molar-refractivity contribution in [3.05, 3.63) is 47.0 Å². The fourth-order valence-electron chi connectivity index (χ4n) is 2.31. The van der Waals surface area contributed by atoms with Gasteiger partial charge in [-0.15, -0.1) is 0 Å². The van der Waals surface area contributed by atoms with E-state index in [2.05, 4.69) is 49.1 Å². The van der Waals surface area contributed by atoms with E-state index in [4.69, 9.17) is 5.73 Å². The van der Waals surface area contributed by atoms with E-state index in [1.165, 1.54) is 16.7 Å². The van der Waals surface area contributed by atoms with Gasteiger partial charge in [0.15, 0.2) is 0 Å². The summed E-state index contributed by atoms with van der Waals surface area (Å²) in [7, 11) is 0. The van der Waals surface area contributed by atoms with E-state index in [9.17, 15) is 0 Å². The van der Waals surface area contributed by atoms with Crippen LogP contribution in [0.4, 0.5) is 0 Å². The lowest BCUT2D eigenvalue weighted by Gasteiger charge is -2.15. The van der Waals surface area contributed by atoms with Gasteiger partial charge in [0.05, 0.1) is 0 Å². The molecule has 0 radical (unpaired) electrons. The van der Waals surface area contributed by atoms with Crippen LogP contribution in [0.15, 0.2) is 24.5 Å². The third kappa shape index (κ3) is 3.20. The maximum absolute atomic E-state index is 6.34. The Bertz CT molecular complexity index is 545. The van der Waals surface area contributed by atoms with Crippen LogP contribution < -0.4 is 5.73 Å². The molecule has 1 atom stereocenters. The highest BCUT2D eigenvalue weighted by molar-refractivity contribution is 5.33. The van der Waals surface area contributed by atoms with Crippen molar-refractivity contribution in [3.63, 3.8) is 0 Å². The van der Waals surface area contributed by atoms with E-state index >= 15 is 0 Å². The third-order valence-electron chi connectivity index (χ3n) is 3.37. The Hall–Kier alpha value is -1.68. The third-order valence-corrected chi connectivity index (χ3v) is 3.37. The zero-order chi connectivity index (χ0) is 13.8. The van der Waals surface area contributed by atoms with Crippen LogP contribution >= 0.6 is 0 Å². The Morgan fingerprint density at radius 2 is 2.11 bits per heavy atom. The highest BCUT2D eigenvalue weighted by atomic mass is 15.3. The lowest BCUT2D eigenvalue weighted by Crippen LogP contribution is -2.18. The van der Waals surface area contributed by atoms with Gasteiger partial charge < -0.3 is 5.73 Å². The lowest BCUT2D eigenvalue weighted by molar-refractivity contribution is 0.547. The first-order chi connectivity index (χ1) is 9.11. The Morgan fingerprint density at radius 1 is 1.32 bits per heavy atom. The molecule has 1 heterocycles. The molecule has 4 heteroatoms. The van der Waals surface area contributed by atoms with Gasteiger partial charge in [0.25, 0.3) is 0 Å². The molecular formula is C15H22N4. The number of benzene rings is 1. The number of hydrogen-bond acceptors (Lipinski definition) is 3. The van der Waals surface area contributed by atoms with Crippen molar-refractivity contribution >= 4 is 0 Å². The molecule has 102 valence electrons. The fourth-order valence-corrected chi connectivity index (χ4v) is 2.31. The molecule has 19 heavy (non-hydrogen) atoms. The van der Waals surface area contributed by atoms with E-state index < -0.39 is 0 Å². The van der Waals surface area contributed by atoms with Gasteiger partial charge >= 0.3 is 0 Å². The summed E-state index contributed by atoms with van der Waals surface area (Å²) in [5.41, 5.74) is 10.0. The summed E-state index contributed by atoms with van der Waals surface area (Å²) in [6.07, 6.45) is 3.39. The average molecular weight is 258 g/mol. The second-order valence-electron chi connectivity index (χ2n) is 5.07. The first kappa shape index (κ1) is 13.7. The van der Waals surface area contributed by atoms with Crippen molar-refractivity contribution in [1.82, 2.24) is 14.8 Å². The summed E-state index contributed by atoms with van der Waals surface area (Å²) in [4.78, 5) is 4.32. The quantitative estimate of drug-likeness (QED) is 0.896. The van der Waals surface area contributed by atoms with E-state index in [-0.39, 0.29) is 6.04 Å². The molecule has 2 N–H and O–H groups in total. The van der Waals surface area contributed by atoms with Crippen molar-refractivity contribution in [2.45, 2.75) is 46.2 Å². The van der Waals surface area contributed by atoms with Crippen LogP contribution in [0.2, 0.25) is 0 Å². The molecule has 0 bridgehead atoms. The molecule has 0 aliphatic rings. The maximum atomic E-state index is 6.34. The lowest BCUT2D eigenvalue weighted by atomic mass is 9.97. The highest BCUT2D eigenvalue weighted by Gasteiger charge is 2.13. The Morgan fingerprint density at radius 3 is 2.84 bits per heavy atom. The summed E-state index contributed by atoms with van der Waals surface area (Å²) < 4.78 is 1.95. The van der Waals surface area contributed by atoms with Crippen LogP contribution in [0.1, 0.15) is 41.9 Å². The van der Waals surface area contributed by atoms with Gasteiger partial charge in [-0.2, -0.15) is 5.10 Å². The molecule has 0 saturated heterocycles. The minimum atomic E-state index is -0.0280. The smallest absolute Gasteiger partial charge is 0.138 e. The highest BCUT2D eigenvalue weighted by Crippen LogP contribution is 2.20. The molecule has 1 aromatic heterocycles. The number of rotatable bonds is 5. The van der Waals surface area contributed by atoms with Crippen molar-refractivity contribution in [3.8, 4) is 0 Å². The largest absolute Gasteiger partial charge is 0.324 e. The summed E-state index contributed by atoms with van der Waals surface area (Å²) in [5, 5.41) is 4.24. The molecular weight excluding hydrogens is 236 g/mol. The van der Waals surface area contributed by atoms with Gasteiger partial charge in [-0.25, -0.2) is 4.98 Å². The minimum Gasteiger partial charge on any atom is -0.324 e. The normalized spacial score (nSPS) is 12.6. The summed E-state index contributed by atoms with van der Waals surface area (Å²) in [6, 6.07) is 6.38. The van der Waals surface area contributed by atoms with Crippen LogP contribution in [0.25, 0.3) is 0 Å². The summed E-state index contributed by atoms with van der Waals surface area (Å²) in [6.45, 7) is 7.23. The topological polar surface area (TPSA) is 56.7 Å². The molecule has 1 aromatic carbocycles. The van der Waals surface area contributed by atoms with Crippen molar-refractivity contribution in [2.75, 3.05) is 0 Å². The predicted octanol–water partition coefficient (Wildman–Crippen LogP) is 2.55. The molecule has 2 rings (SSSR count). The molecule has 0 aliphatic carbocycles. The van der Waals surface area contributed by atoms with Gasteiger partial charge in [-0.05, 0) is 31.4 Å². The molecule has 0 spiro atoms. The van der Waals surface area contributed by atoms with Crippen molar-refractivity contribution in [1.29, 1.82) is 0 Å². The Kier molecular flexibility index (Phi) is 4.32. The van der Waals surface area contributed by atoms with Crippen LogP contribution in [0, 0.1) is 13.8 Å². The molecule has 0 saturated carbocycles. The summed E-state index contributed by atoms with van der Waals surface area (Å²) in [5.74, 6) is 0.968. The van der Waals surface area contributed by atoms with E-state index in [1.807, 2.05) is 4.68 Å². The van der Waals surface area contributed by atoms with Crippen molar-refractivity contribution in [2.24, 2.45) is 5.73 Å². The first-order valence-corrected chi connectivity index (χ1v) is 6.81. The Balaban J connectivity index is 2.18. The van der Waals surface area contributed by atoms with Crippen LogP contribution in [-0.2, 0) is 13.0 Å². The van der Waals surface area contributed by atoms with E-state index in [1.54, 1.807) is 6.33 Å². The first-order valence-electron chi connectivity index (χ1n) is 6.81. The van der Waals surface area contributed by atoms with Crippen LogP contribution in [0.5, 0.6) is 0 Å². The molecule has 0 aliphatic heterocycles. The SMILES string of the molecule is CCCn1ncnc1CC(N)c1cc(C)ccc1C. The number of hydrogen-bond donors (Lipinski definition) is 1. The number of aromatic nitrogens is 3. The Labute approximate surface area is 114 Å². The predicted molar refractivity (Wildman–Crippen MR) is 76.9 cm³/mol. The average Bonchev–Trinajstić information content (AvgIpc) is 2.80. The van der Waals surface area contributed by atoms with Crippen LogP contribution in [0.3, 0.4) is 0 Å². The standard InChI is InChI=1S/C15H22N4/c1-4-7-19-15(17-10-18-19)9-14(16)13-8-11(2)5-6-12(13)3/h5-6,8,10,14H,4,7,9,16H2,1-3H3. The molecule has 0 amide bonds. The van der Waals surface area contributed by atoms with E-state index in [0.29, 0.717) is 0 Å². The van der Waals surface area contributed by atoms with Crippen molar-refractivity contribution < 1.29 is 0 Å². The molecule has 2 aromatic rings. The van der Waals surface area contributed by atoms with E-state index in [0.717, 1.165) is 25.2 Å². The van der Waals surface area contributed by atoms with Crippen LogP contribution in [-0.4, -0.2) is 14.8 Å². The van der Waals surface area contributed by atoms with Gasteiger partial charge in [0.1, 0.15) is 12.2 Å². The second kappa shape index (κ2) is 5.97. The monoisotopic (exact) mass is 258 g/mol. The summed E-state index contributed by atoms with van der Waals surface area (Å²) >= 11 is 0. The molecule has 1 unspecified atom stereocenters. The zero-order valence-electron chi connectivity index (χ0n) is 11.9.